The Morgan fingerprint density at radius 1 is 1.03 bits per heavy atom. The van der Waals surface area contributed by atoms with Crippen LogP contribution in [0.25, 0.3) is 10.9 Å². The molecule has 3 N–H and O–H groups in total. The van der Waals surface area contributed by atoms with Gasteiger partial charge in [-0.3, -0.25) is 9.79 Å². The zero-order chi connectivity index (χ0) is 23.2. The molecule has 35 heavy (non-hydrogen) atoms. The first-order chi connectivity index (χ1) is 16.1. The highest BCUT2D eigenvalue weighted by Gasteiger charge is 2.28. The van der Waals surface area contributed by atoms with Crippen LogP contribution >= 0.6 is 24.8 Å². The lowest BCUT2D eigenvalue weighted by Crippen LogP contribution is -2.48. The molecule has 0 unspecified atom stereocenters. The predicted molar refractivity (Wildman–Crippen MR) is 150 cm³/mol. The largest absolute Gasteiger partial charge is 0.369 e. The Morgan fingerprint density at radius 2 is 1.74 bits per heavy atom. The van der Waals surface area contributed by atoms with E-state index in [1.165, 1.54) is 12.8 Å². The van der Waals surface area contributed by atoms with Crippen molar-refractivity contribution in [2.45, 2.75) is 84.2 Å². The molecule has 2 aliphatic rings. The highest BCUT2D eigenvalue weighted by Crippen LogP contribution is 2.27. The minimum atomic E-state index is -0.203. The van der Waals surface area contributed by atoms with Crippen molar-refractivity contribution in [3.8, 4) is 0 Å². The molecule has 2 atom stereocenters. The van der Waals surface area contributed by atoms with Gasteiger partial charge in [0.1, 0.15) is 5.82 Å². The van der Waals surface area contributed by atoms with Crippen LogP contribution in [0.1, 0.15) is 81.4 Å². The standard InChI is InChI=1S/C26H38N6O.2ClH/c1-4-18(5-2)16-28-26(33)25-30-20-13-12-17(3)15-19(20)24(32-25)31-22-10-7-6-9-21(22)29-23-11-8-14-27-23;;/h12-13,15,18,21-22H,4-11,14,16H2,1-3H3,(H,27,29)(H,28,33)(H,30,31,32);2*1H/t21-,22+;;/m1../s1. The summed E-state index contributed by atoms with van der Waals surface area (Å²) in [6, 6.07) is 6.68. The van der Waals surface area contributed by atoms with Gasteiger partial charge in [0, 0.05) is 37.0 Å². The Morgan fingerprint density at radius 3 is 2.40 bits per heavy atom. The van der Waals surface area contributed by atoms with Gasteiger partial charge < -0.3 is 16.0 Å². The molecule has 7 nitrogen and oxygen atoms in total. The quantitative estimate of drug-likeness (QED) is 0.428. The van der Waals surface area contributed by atoms with E-state index in [2.05, 4.69) is 52.8 Å². The number of aryl methyl sites for hydroxylation is 1. The second-order valence-corrected chi connectivity index (χ2v) is 9.53. The smallest absolute Gasteiger partial charge is 0.289 e. The summed E-state index contributed by atoms with van der Waals surface area (Å²) >= 11 is 0. The summed E-state index contributed by atoms with van der Waals surface area (Å²) < 4.78 is 0. The molecule has 1 aromatic carbocycles. The molecule has 0 saturated heterocycles. The third-order valence-electron chi connectivity index (χ3n) is 7.07. The van der Waals surface area contributed by atoms with E-state index in [0.29, 0.717) is 18.5 Å². The fraction of sp³-hybridized carbons (Fsp3) is 0.615. The molecule has 0 bridgehead atoms. The summed E-state index contributed by atoms with van der Waals surface area (Å²) in [6.45, 7) is 7.97. The number of hydrogen-bond acceptors (Lipinski definition) is 6. The van der Waals surface area contributed by atoms with Crippen molar-refractivity contribution in [3.63, 3.8) is 0 Å². The van der Waals surface area contributed by atoms with Crippen molar-refractivity contribution in [1.82, 2.24) is 20.6 Å². The highest BCUT2D eigenvalue weighted by molar-refractivity contribution is 5.96. The minimum Gasteiger partial charge on any atom is -0.369 e. The predicted octanol–water partition coefficient (Wildman–Crippen LogP) is 5.45. The molecule has 0 spiro atoms. The number of amidine groups is 1. The van der Waals surface area contributed by atoms with Gasteiger partial charge in [0.15, 0.2) is 0 Å². The van der Waals surface area contributed by atoms with E-state index in [-0.39, 0.29) is 42.6 Å². The average Bonchev–Trinajstić information content (AvgIpc) is 3.34. The Hall–Kier alpha value is -2.12. The lowest BCUT2D eigenvalue weighted by molar-refractivity contribution is 0.0936. The van der Waals surface area contributed by atoms with Crippen LogP contribution in [0.3, 0.4) is 0 Å². The van der Waals surface area contributed by atoms with Crippen molar-refractivity contribution in [1.29, 1.82) is 0 Å². The van der Waals surface area contributed by atoms with Crippen molar-refractivity contribution in [2.75, 3.05) is 18.4 Å². The molecule has 194 valence electrons. The topological polar surface area (TPSA) is 91.3 Å². The number of rotatable bonds is 8. The van der Waals surface area contributed by atoms with Gasteiger partial charge in [0.05, 0.1) is 11.4 Å². The number of carbonyl (C=O) groups is 1. The van der Waals surface area contributed by atoms with Gasteiger partial charge in [-0.05, 0) is 44.2 Å². The van der Waals surface area contributed by atoms with Crippen molar-refractivity contribution in [3.05, 3.63) is 29.6 Å². The van der Waals surface area contributed by atoms with Crippen molar-refractivity contribution < 1.29 is 4.79 Å². The number of anilines is 1. The third kappa shape index (κ3) is 7.43. The van der Waals surface area contributed by atoms with E-state index in [0.717, 1.165) is 73.2 Å². The first-order valence-corrected chi connectivity index (χ1v) is 12.7. The SMILES string of the molecule is CCC(CC)CNC(=O)c1nc(N[C@H]2CCCC[C@H]2NC2=NCCC2)c2cc(C)ccc2n1.Cl.Cl. The number of fused-ring (bicyclic) bond motifs is 1. The van der Waals surface area contributed by atoms with Crippen LogP contribution in [0.4, 0.5) is 5.82 Å². The first-order valence-electron chi connectivity index (χ1n) is 12.7. The average molecular weight is 524 g/mol. The number of carbonyl (C=O) groups excluding carboxylic acids is 1. The molecular weight excluding hydrogens is 483 g/mol. The number of amides is 1. The number of benzene rings is 1. The molecule has 1 amide bonds. The van der Waals surface area contributed by atoms with Crippen LogP contribution in [-0.4, -0.2) is 46.9 Å². The number of aliphatic imine (C=N–C) groups is 1. The maximum atomic E-state index is 12.9. The molecular formula is C26H40Cl2N6O. The number of hydrogen-bond donors (Lipinski definition) is 3. The summed E-state index contributed by atoms with van der Waals surface area (Å²) in [5.74, 6) is 2.40. The maximum absolute atomic E-state index is 12.9. The molecule has 2 heterocycles. The summed E-state index contributed by atoms with van der Waals surface area (Å²) in [7, 11) is 0. The zero-order valence-electron chi connectivity index (χ0n) is 21.1. The second kappa shape index (κ2) is 13.8. The Balaban J connectivity index is 0.00000216. The molecule has 0 radical (unpaired) electrons. The molecule has 2 aromatic rings. The number of halogens is 2. The van der Waals surface area contributed by atoms with Crippen molar-refractivity contribution in [2.24, 2.45) is 10.9 Å². The molecule has 1 aromatic heterocycles. The highest BCUT2D eigenvalue weighted by atomic mass is 35.5. The zero-order valence-corrected chi connectivity index (χ0v) is 22.7. The van der Waals surface area contributed by atoms with Crippen LogP contribution < -0.4 is 16.0 Å². The van der Waals surface area contributed by atoms with E-state index < -0.39 is 0 Å². The van der Waals surface area contributed by atoms with Gasteiger partial charge in [-0.15, -0.1) is 24.8 Å². The van der Waals surface area contributed by atoms with Crippen molar-refractivity contribution >= 4 is 53.3 Å². The molecule has 9 heteroatoms. The lowest BCUT2D eigenvalue weighted by atomic mass is 9.90. The summed E-state index contributed by atoms with van der Waals surface area (Å²) in [6.07, 6.45) is 8.85. The molecule has 1 aliphatic heterocycles. The number of nitrogens with one attached hydrogen (secondary N) is 3. The Bertz CT molecular complexity index is 1010. The van der Waals surface area contributed by atoms with Crippen LogP contribution in [0.5, 0.6) is 0 Å². The van der Waals surface area contributed by atoms with Gasteiger partial charge in [-0.25, -0.2) is 9.97 Å². The van der Waals surface area contributed by atoms with E-state index in [1.54, 1.807) is 0 Å². The first kappa shape index (κ1) is 29.1. The third-order valence-corrected chi connectivity index (χ3v) is 7.07. The van der Waals surface area contributed by atoms with Crippen LogP contribution in [-0.2, 0) is 0 Å². The molecule has 1 saturated carbocycles. The van der Waals surface area contributed by atoms with Crippen LogP contribution in [0.15, 0.2) is 23.2 Å². The van der Waals surface area contributed by atoms with E-state index >= 15 is 0 Å². The van der Waals surface area contributed by atoms with Gasteiger partial charge in [-0.2, -0.15) is 0 Å². The monoisotopic (exact) mass is 522 g/mol. The van der Waals surface area contributed by atoms with Gasteiger partial charge in [-0.1, -0.05) is 51.2 Å². The fourth-order valence-electron chi connectivity index (χ4n) is 4.87. The van der Waals surface area contributed by atoms with E-state index in [4.69, 9.17) is 4.98 Å². The fourth-order valence-corrected chi connectivity index (χ4v) is 4.87. The van der Waals surface area contributed by atoms with E-state index in [1.807, 2.05) is 12.1 Å². The number of aromatic nitrogens is 2. The minimum absolute atomic E-state index is 0. The van der Waals surface area contributed by atoms with Crippen LogP contribution in [0.2, 0.25) is 0 Å². The van der Waals surface area contributed by atoms with Gasteiger partial charge in [0.25, 0.3) is 5.91 Å². The normalized spacial score (nSPS) is 19.5. The summed E-state index contributed by atoms with van der Waals surface area (Å²) in [5, 5.41) is 11.4. The lowest BCUT2D eigenvalue weighted by Gasteiger charge is -2.34. The number of nitrogens with zero attached hydrogens (tertiary/aromatic N) is 3. The van der Waals surface area contributed by atoms with Crippen LogP contribution in [0, 0.1) is 12.8 Å². The molecule has 4 rings (SSSR count). The Kier molecular flexibility index (Phi) is 11.5. The summed E-state index contributed by atoms with van der Waals surface area (Å²) in [5.41, 5.74) is 1.95. The van der Waals surface area contributed by atoms with Gasteiger partial charge in [0.2, 0.25) is 5.82 Å². The Labute approximate surface area is 221 Å². The maximum Gasteiger partial charge on any atom is 0.289 e. The van der Waals surface area contributed by atoms with Gasteiger partial charge >= 0.3 is 0 Å². The second-order valence-electron chi connectivity index (χ2n) is 9.53. The summed E-state index contributed by atoms with van der Waals surface area (Å²) in [4.78, 5) is 26.9. The van der Waals surface area contributed by atoms with E-state index in [9.17, 15) is 4.79 Å². The molecule has 1 fully saturated rings. The molecule has 1 aliphatic carbocycles.